The summed E-state index contributed by atoms with van der Waals surface area (Å²) in [5.74, 6) is -0.612. The van der Waals surface area contributed by atoms with Crippen LogP contribution in [0.2, 0.25) is 0 Å². The number of esters is 1. The molecule has 0 aromatic heterocycles. The largest absolute Gasteiger partial charge is 0.466 e. The number of benzene rings is 1. The molecule has 0 heterocycles. The van der Waals surface area contributed by atoms with E-state index in [0.717, 1.165) is 0 Å². The highest BCUT2D eigenvalue weighted by Crippen LogP contribution is 2.31. The Morgan fingerprint density at radius 3 is 2.50 bits per heavy atom. The van der Waals surface area contributed by atoms with Gasteiger partial charge in [0.15, 0.2) is 0 Å². The number of hydrogen-bond acceptors (Lipinski definition) is 5. The zero-order valence-corrected chi connectivity index (χ0v) is 12.0. The summed E-state index contributed by atoms with van der Waals surface area (Å²) in [6.07, 6.45) is -1.69. The van der Waals surface area contributed by atoms with Crippen molar-refractivity contribution in [2.45, 2.75) is 30.4 Å². The second-order valence-electron chi connectivity index (χ2n) is 4.43. The van der Waals surface area contributed by atoms with E-state index in [1.807, 2.05) is 0 Å². The zero-order chi connectivity index (χ0) is 15.2. The molecule has 0 radical (unpaired) electrons. The molecule has 0 aliphatic carbocycles. The Kier molecular flexibility index (Phi) is 6.42. The average molecular weight is 303 g/mol. The zero-order valence-electron chi connectivity index (χ0n) is 11.2. The Morgan fingerprint density at radius 1 is 1.40 bits per heavy atom. The second kappa shape index (κ2) is 7.59. The van der Waals surface area contributed by atoms with Crippen molar-refractivity contribution >= 4 is 17.6 Å². The first-order chi connectivity index (χ1) is 9.45. The van der Waals surface area contributed by atoms with Crippen LogP contribution in [0.25, 0.3) is 0 Å². The number of carbonyl (C=O) groups is 1. The summed E-state index contributed by atoms with van der Waals surface area (Å²) in [5, 5.41) is 28.6. The Balaban J connectivity index is 2.86. The summed E-state index contributed by atoms with van der Waals surface area (Å²) in [7, 11) is 0. The SMILES string of the molecule is CCOC(=O)CC(O)C(Cl)C(O)(CO)c1ccccc1. The van der Waals surface area contributed by atoms with Crippen LogP contribution in [0, 0.1) is 0 Å². The predicted octanol–water partition coefficient (Wildman–Crippen LogP) is 0.788. The van der Waals surface area contributed by atoms with Crippen molar-refractivity contribution in [1.82, 2.24) is 0 Å². The molecular formula is C14H19ClO5. The molecule has 0 bridgehead atoms. The first kappa shape index (κ1) is 16.9. The lowest BCUT2D eigenvalue weighted by atomic mass is 9.87. The van der Waals surface area contributed by atoms with Crippen LogP contribution in [-0.2, 0) is 15.1 Å². The molecule has 3 N–H and O–H groups in total. The Bertz CT molecular complexity index is 425. The van der Waals surface area contributed by atoms with Crippen molar-refractivity contribution in [2.24, 2.45) is 0 Å². The van der Waals surface area contributed by atoms with Gasteiger partial charge in [0.05, 0.1) is 31.1 Å². The molecule has 0 saturated heterocycles. The summed E-state index contributed by atoms with van der Waals surface area (Å²) in [4.78, 5) is 11.3. The topological polar surface area (TPSA) is 87.0 Å². The average Bonchev–Trinajstić information content (AvgIpc) is 2.46. The fraction of sp³-hybridized carbons (Fsp3) is 0.500. The molecule has 112 valence electrons. The molecular weight excluding hydrogens is 284 g/mol. The summed E-state index contributed by atoms with van der Waals surface area (Å²) in [6, 6.07) is 8.28. The van der Waals surface area contributed by atoms with E-state index < -0.39 is 29.7 Å². The van der Waals surface area contributed by atoms with Crippen LogP contribution >= 0.6 is 11.6 Å². The molecule has 0 spiro atoms. The third kappa shape index (κ3) is 3.93. The maximum atomic E-state index is 11.3. The van der Waals surface area contributed by atoms with E-state index in [2.05, 4.69) is 0 Å². The van der Waals surface area contributed by atoms with Crippen LogP contribution in [0.15, 0.2) is 30.3 Å². The summed E-state index contributed by atoms with van der Waals surface area (Å²) in [5.41, 5.74) is -1.47. The molecule has 0 fully saturated rings. The monoisotopic (exact) mass is 302 g/mol. The first-order valence-corrected chi connectivity index (χ1v) is 6.75. The molecule has 0 saturated carbocycles. The van der Waals surface area contributed by atoms with E-state index in [1.165, 1.54) is 0 Å². The van der Waals surface area contributed by atoms with Gasteiger partial charge in [0.25, 0.3) is 0 Å². The van der Waals surface area contributed by atoms with Gasteiger partial charge in [0.1, 0.15) is 5.60 Å². The van der Waals surface area contributed by atoms with Crippen molar-refractivity contribution in [1.29, 1.82) is 0 Å². The highest BCUT2D eigenvalue weighted by molar-refractivity contribution is 6.22. The number of ether oxygens (including phenoxy) is 1. The first-order valence-electron chi connectivity index (χ1n) is 6.32. The van der Waals surface area contributed by atoms with Gasteiger partial charge in [-0.2, -0.15) is 0 Å². The number of aliphatic hydroxyl groups is 3. The van der Waals surface area contributed by atoms with Gasteiger partial charge >= 0.3 is 5.97 Å². The van der Waals surface area contributed by atoms with E-state index >= 15 is 0 Å². The fourth-order valence-corrected chi connectivity index (χ4v) is 2.16. The lowest BCUT2D eigenvalue weighted by Gasteiger charge is -2.33. The molecule has 1 aromatic carbocycles. The molecule has 3 atom stereocenters. The third-order valence-electron chi connectivity index (χ3n) is 2.99. The minimum Gasteiger partial charge on any atom is -0.466 e. The molecule has 0 aliphatic heterocycles. The van der Waals surface area contributed by atoms with Crippen molar-refractivity contribution in [3.05, 3.63) is 35.9 Å². The number of alkyl halides is 1. The van der Waals surface area contributed by atoms with Gasteiger partial charge in [-0.1, -0.05) is 30.3 Å². The molecule has 6 heteroatoms. The van der Waals surface area contributed by atoms with E-state index in [0.29, 0.717) is 5.56 Å². The van der Waals surface area contributed by atoms with Crippen molar-refractivity contribution < 1.29 is 24.9 Å². The third-order valence-corrected chi connectivity index (χ3v) is 3.64. The number of carbonyl (C=O) groups excluding carboxylic acids is 1. The Morgan fingerprint density at radius 2 is 2.00 bits per heavy atom. The van der Waals surface area contributed by atoms with Gasteiger partial charge in [-0.3, -0.25) is 4.79 Å². The fourth-order valence-electron chi connectivity index (χ4n) is 1.88. The number of aliphatic hydroxyl groups excluding tert-OH is 2. The Labute approximate surface area is 122 Å². The molecule has 3 unspecified atom stereocenters. The molecule has 0 amide bonds. The van der Waals surface area contributed by atoms with Crippen LogP contribution in [0.1, 0.15) is 18.9 Å². The normalized spacial score (nSPS) is 17.1. The molecule has 5 nitrogen and oxygen atoms in total. The quantitative estimate of drug-likeness (QED) is 0.512. The standard InChI is InChI=1S/C14H19ClO5/c1-2-20-12(18)8-11(17)13(15)14(19,9-16)10-6-4-3-5-7-10/h3-7,11,13,16-17,19H,2,8-9H2,1H3. The highest BCUT2D eigenvalue weighted by Gasteiger charge is 2.41. The van der Waals surface area contributed by atoms with Crippen LogP contribution in [0.5, 0.6) is 0 Å². The summed E-state index contributed by atoms with van der Waals surface area (Å²) in [6.45, 7) is 1.17. The molecule has 0 aliphatic rings. The highest BCUT2D eigenvalue weighted by atomic mass is 35.5. The van der Waals surface area contributed by atoms with Crippen LogP contribution in [0.3, 0.4) is 0 Å². The van der Waals surface area contributed by atoms with Crippen LogP contribution in [0.4, 0.5) is 0 Å². The van der Waals surface area contributed by atoms with E-state index in [9.17, 15) is 20.1 Å². The summed E-state index contributed by atoms with van der Waals surface area (Å²) < 4.78 is 4.71. The van der Waals surface area contributed by atoms with Gasteiger partial charge in [-0.25, -0.2) is 0 Å². The van der Waals surface area contributed by atoms with Gasteiger partial charge < -0.3 is 20.1 Å². The molecule has 1 aromatic rings. The van der Waals surface area contributed by atoms with Crippen LogP contribution in [-0.4, -0.2) is 46.0 Å². The van der Waals surface area contributed by atoms with Gasteiger partial charge in [-0.15, -0.1) is 11.6 Å². The summed E-state index contributed by atoms with van der Waals surface area (Å²) >= 11 is 6.05. The van der Waals surface area contributed by atoms with Crippen LogP contribution < -0.4 is 0 Å². The van der Waals surface area contributed by atoms with E-state index in [1.54, 1.807) is 37.3 Å². The minimum atomic E-state index is -1.84. The maximum absolute atomic E-state index is 11.3. The second-order valence-corrected chi connectivity index (χ2v) is 4.90. The number of halogens is 1. The Hall–Kier alpha value is -1.14. The number of rotatable bonds is 7. The smallest absolute Gasteiger partial charge is 0.308 e. The minimum absolute atomic E-state index is 0.196. The van der Waals surface area contributed by atoms with Gasteiger partial charge in [0.2, 0.25) is 0 Å². The van der Waals surface area contributed by atoms with Crippen molar-refractivity contribution in [3.8, 4) is 0 Å². The van der Waals surface area contributed by atoms with Crippen molar-refractivity contribution in [3.63, 3.8) is 0 Å². The molecule has 20 heavy (non-hydrogen) atoms. The predicted molar refractivity (Wildman–Crippen MR) is 74.3 cm³/mol. The number of hydrogen-bond donors (Lipinski definition) is 3. The van der Waals surface area contributed by atoms with Gasteiger partial charge in [0, 0.05) is 0 Å². The molecule has 1 rings (SSSR count). The van der Waals surface area contributed by atoms with E-state index in [-0.39, 0.29) is 13.0 Å². The van der Waals surface area contributed by atoms with Crippen molar-refractivity contribution in [2.75, 3.05) is 13.2 Å². The lowest BCUT2D eigenvalue weighted by Crippen LogP contribution is -2.46. The van der Waals surface area contributed by atoms with E-state index in [4.69, 9.17) is 16.3 Å². The van der Waals surface area contributed by atoms with Gasteiger partial charge in [-0.05, 0) is 12.5 Å². The maximum Gasteiger partial charge on any atom is 0.308 e. The lowest BCUT2D eigenvalue weighted by molar-refractivity contribution is -0.146.